The number of alkyl halides is 7. The van der Waals surface area contributed by atoms with Crippen LogP contribution >= 0.6 is 15.9 Å². The largest absolute Gasteiger partial charge is 0.488 e. The first-order valence-electron chi connectivity index (χ1n) is 7.63. The van der Waals surface area contributed by atoms with E-state index in [0.29, 0.717) is 21.7 Å². The van der Waals surface area contributed by atoms with Gasteiger partial charge in [-0.15, -0.1) is 0 Å². The van der Waals surface area contributed by atoms with E-state index in [4.69, 9.17) is 4.74 Å². The molecule has 2 aromatic rings. The Bertz CT molecular complexity index is 886. The highest BCUT2D eigenvalue weighted by atomic mass is 79.9. The van der Waals surface area contributed by atoms with Crippen LogP contribution in [0.25, 0.3) is 0 Å². The maximum Gasteiger partial charge on any atom is 0.462 e. The van der Waals surface area contributed by atoms with Crippen LogP contribution < -0.4 is 10.2 Å². The zero-order chi connectivity index (χ0) is 21.9. The van der Waals surface area contributed by atoms with Gasteiger partial charge in [0.15, 0.2) is 0 Å². The topological polar surface area (TPSA) is 33.6 Å². The van der Waals surface area contributed by atoms with Gasteiger partial charge in [-0.05, 0) is 57.4 Å². The fraction of sp³-hybridized carbons (Fsp3) is 0.235. The Labute approximate surface area is 167 Å². The number of hydrogen-bond donors (Lipinski definition) is 1. The third-order valence-corrected chi connectivity index (χ3v) is 4.03. The minimum atomic E-state index is -6.46. The van der Waals surface area contributed by atoms with Crippen molar-refractivity contribution in [2.24, 2.45) is 5.10 Å². The summed E-state index contributed by atoms with van der Waals surface area (Å²) in [6.45, 7) is 0.0180. The molecule has 29 heavy (non-hydrogen) atoms. The van der Waals surface area contributed by atoms with Crippen LogP contribution in [0, 0.1) is 5.82 Å². The molecule has 0 aromatic heterocycles. The van der Waals surface area contributed by atoms with E-state index in [0.717, 1.165) is 0 Å². The quantitative estimate of drug-likeness (QED) is 0.227. The monoisotopic (exact) mass is 490 g/mol. The summed E-state index contributed by atoms with van der Waals surface area (Å²) < 4.78 is 107. The van der Waals surface area contributed by atoms with Crippen molar-refractivity contribution in [3.05, 3.63) is 63.9 Å². The van der Waals surface area contributed by atoms with E-state index < -0.39 is 24.0 Å². The van der Waals surface area contributed by atoms with Gasteiger partial charge in [0.2, 0.25) is 0 Å². The summed E-state index contributed by atoms with van der Waals surface area (Å²) in [6, 6.07) is 3.95. The fourth-order valence-electron chi connectivity index (χ4n) is 1.94. The van der Waals surface area contributed by atoms with Gasteiger partial charge in [0.05, 0.1) is 10.7 Å². The lowest BCUT2D eigenvalue weighted by atomic mass is 10.2. The van der Waals surface area contributed by atoms with E-state index in [-0.39, 0.29) is 17.9 Å². The highest BCUT2D eigenvalue weighted by Crippen LogP contribution is 2.45. The molecule has 0 atom stereocenters. The van der Waals surface area contributed by atoms with Gasteiger partial charge >= 0.3 is 18.1 Å². The van der Waals surface area contributed by atoms with E-state index in [2.05, 4.69) is 21.0 Å². The number of hydrogen-bond acceptors (Lipinski definition) is 3. The Kier molecular flexibility index (Phi) is 6.76. The molecule has 0 aliphatic heterocycles. The predicted octanol–water partition coefficient (Wildman–Crippen LogP) is 5.88. The summed E-state index contributed by atoms with van der Waals surface area (Å²) in [4.78, 5) is 0. The van der Waals surface area contributed by atoms with Crippen molar-refractivity contribution in [1.82, 2.24) is 5.43 Å². The van der Waals surface area contributed by atoms with Crippen LogP contribution in [-0.2, 0) is 6.61 Å². The molecule has 0 radical (unpaired) electrons. The Morgan fingerprint density at radius 2 is 1.69 bits per heavy atom. The Hall–Kier alpha value is -2.37. The fourth-order valence-corrected chi connectivity index (χ4v) is 2.45. The minimum Gasteiger partial charge on any atom is -0.488 e. The van der Waals surface area contributed by atoms with Crippen LogP contribution in [0.15, 0.2) is 52.0 Å². The van der Waals surface area contributed by atoms with Crippen LogP contribution in [-0.4, -0.2) is 24.4 Å². The molecule has 0 fully saturated rings. The van der Waals surface area contributed by atoms with E-state index in [9.17, 15) is 35.1 Å². The average Bonchev–Trinajstić information content (AvgIpc) is 2.60. The van der Waals surface area contributed by atoms with E-state index in [1.807, 2.05) is 0 Å². The molecular weight excluding hydrogens is 480 g/mol. The second-order valence-electron chi connectivity index (χ2n) is 5.63. The summed E-state index contributed by atoms with van der Waals surface area (Å²) in [5.41, 5.74) is 1.16. The van der Waals surface area contributed by atoms with E-state index in [1.165, 1.54) is 36.4 Å². The van der Waals surface area contributed by atoms with Crippen molar-refractivity contribution in [3.8, 4) is 5.75 Å². The predicted molar refractivity (Wildman–Crippen MR) is 91.6 cm³/mol. The van der Waals surface area contributed by atoms with Gasteiger partial charge in [-0.3, -0.25) is 0 Å². The maximum atomic E-state index is 13.1. The van der Waals surface area contributed by atoms with Gasteiger partial charge in [0, 0.05) is 0 Å². The van der Waals surface area contributed by atoms with Crippen LogP contribution in [0.2, 0.25) is 0 Å². The van der Waals surface area contributed by atoms with Crippen molar-refractivity contribution >= 4 is 22.1 Å². The molecule has 158 valence electrons. The van der Waals surface area contributed by atoms with Gasteiger partial charge in [0.1, 0.15) is 18.2 Å². The molecule has 0 bridgehead atoms. The van der Waals surface area contributed by atoms with Gasteiger partial charge in [-0.1, -0.05) is 12.1 Å². The lowest BCUT2D eigenvalue weighted by molar-refractivity contribution is -0.361. The normalized spacial score (nSPS) is 13.0. The molecule has 12 heteroatoms. The van der Waals surface area contributed by atoms with Gasteiger partial charge in [-0.2, -0.15) is 35.8 Å². The molecule has 2 aromatic carbocycles. The average molecular weight is 491 g/mol. The van der Waals surface area contributed by atoms with Crippen LogP contribution in [0.3, 0.4) is 0 Å². The highest BCUT2D eigenvalue weighted by Gasteiger charge is 2.73. The third-order valence-electron chi connectivity index (χ3n) is 3.41. The number of hydrazone groups is 1. The number of rotatable bonds is 7. The lowest BCUT2D eigenvalue weighted by Gasteiger charge is -2.27. The molecule has 0 unspecified atom stereocenters. The van der Waals surface area contributed by atoms with Crippen molar-refractivity contribution in [2.75, 3.05) is 0 Å². The summed E-state index contributed by atoms with van der Waals surface area (Å²) >= 11 is 3.13. The Morgan fingerprint density at radius 1 is 1.00 bits per heavy atom. The third kappa shape index (κ3) is 5.58. The number of benzene rings is 2. The summed E-state index contributed by atoms with van der Waals surface area (Å²) in [6.07, 6.45) is -5.83. The van der Waals surface area contributed by atoms with Crippen molar-refractivity contribution < 1.29 is 39.9 Å². The van der Waals surface area contributed by atoms with E-state index >= 15 is 0 Å². The first kappa shape index (κ1) is 22.9. The minimum absolute atomic E-state index is 0.0180. The molecule has 0 saturated heterocycles. The molecule has 0 spiro atoms. The molecule has 0 aliphatic carbocycles. The van der Waals surface area contributed by atoms with Crippen LogP contribution in [0.1, 0.15) is 11.1 Å². The highest BCUT2D eigenvalue weighted by molar-refractivity contribution is 9.10. The molecule has 0 saturated carbocycles. The van der Waals surface area contributed by atoms with Crippen LogP contribution in [0.4, 0.5) is 35.1 Å². The molecule has 0 amide bonds. The second kappa shape index (κ2) is 8.56. The molecular formula is C17H11BrF8N2O. The second-order valence-corrected chi connectivity index (χ2v) is 6.48. The summed E-state index contributed by atoms with van der Waals surface area (Å²) in [5, 5.41) is 2.76. The van der Waals surface area contributed by atoms with Crippen molar-refractivity contribution in [2.45, 2.75) is 24.8 Å². The van der Waals surface area contributed by atoms with Gasteiger partial charge < -0.3 is 4.74 Å². The Balaban J connectivity index is 2.03. The first-order chi connectivity index (χ1) is 13.3. The van der Waals surface area contributed by atoms with Crippen molar-refractivity contribution in [1.29, 1.82) is 0 Å². The molecule has 3 nitrogen and oxygen atoms in total. The van der Waals surface area contributed by atoms with E-state index in [1.54, 1.807) is 6.07 Å². The summed E-state index contributed by atoms with van der Waals surface area (Å²) in [7, 11) is 0. The Morgan fingerprint density at radius 3 is 2.28 bits per heavy atom. The lowest BCUT2D eigenvalue weighted by Crippen LogP contribution is -2.58. The van der Waals surface area contributed by atoms with Gasteiger partial charge in [0.25, 0.3) is 0 Å². The first-order valence-corrected chi connectivity index (χ1v) is 8.42. The SMILES string of the molecule is Fc1cccc(COc2ccc(/C=N/NC(F)(F)C(F)(F)C(F)(F)F)cc2Br)c1. The number of nitrogens with one attached hydrogen (secondary N) is 1. The maximum absolute atomic E-state index is 13.1. The smallest absolute Gasteiger partial charge is 0.462 e. The van der Waals surface area contributed by atoms with Crippen molar-refractivity contribution in [3.63, 3.8) is 0 Å². The number of nitrogens with zero attached hydrogens (tertiary/aromatic N) is 1. The standard InChI is InChI=1S/C17H11BrF8N2O/c18-13-7-10(8-27-28-17(25,26)15(20,21)16(22,23)24)4-5-14(13)29-9-11-2-1-3-12(19)6-11/h1-8,28H,9H2/b27-8+. The molecule has 2 rings (SSSR count). The number of halogens is 9. The van der Waals surface area contributed by atoms with Crippen LogP contribution in [0.5, 0.6) is 5.75 Å². The molecule has 0 aliphatic rings. The zero-order valence-corrected chi connectivity index (χ0v) is 15.7. The van der Waals surface area contributed by atoms with Gasteiger partial charge in [-0.25, -0.2) is 9.82 Å². The zero-order valence-electron chi connectivity index (χ0n) is 14.1. The number of ether oxygens (including phenoxy) is 1. The summed E-state index contributed by atoms with van der Waals surface area (Å²) in [5.74, 6) is -6.47. The molecule has 1 N–H and O–H groups in total. The molecule has 0 heterocycles.